The van der Waals surface area contributed by atoms with Crippen molar-refractivity contribution in [3.05, 3.63) is 85.9 Å². The molecule has 3 heterocycles. The molecule has 1 aliphatic heterocycles. The molecule has 0 amide bonds. The Hall–Kier alpha value is -3.91. The average Bonchev–Trinajstić information content (AvgIpc) is 2.77. The quantitative estimate of drug-likeness (QED) is 0.437. The van der Waals surface area contributed by atoms with Gasteiger partial charge in [0.15, 0.2) is 11.3 Å². The van der Waals surface area contributed by atoms with Crippen molar-refractivity contribution < 1.29 is 4.42 Å². The van der Waals surface area contributed by atoms with E-state index in [1.54, 1.807) is 36.4 Å². The Bertz CT molecular complexity index is 1410. The number of nitrogens with one attached hydrogen (secondary N) is 1. The number of benzene rings is 2. The molecule has 0 spiro atoms. The summed E-state index contributed by atoms with van der Waals surface area (Å²) in [6.07, 6.45) is 0.597. The smallest absolute Gasteiger partial charge is 0.255 e. The molecular formula is C23H21N5O3. The van der Waals surface area contributed by atoms with Gasteiger partial charge in [-0.1, -0.05) is 12.1 Å². The molecule has 2 aromatic heterocycles. The molecule has 0 bridgehead atoms. The molecular weight excluding hydrogens is 394 g/mol. The van der Waals surface area contributed by atoms with Crippen LogP contribution in [0.4, 0.5) is 11.6 Å². The van der Waals surface area contributed by atoms with E-state index in [-0.39, 0.29) is 16.9 Å². The fraction of sp³-hybridized carbons (Fsp3) is 0.174. The first-order valence-corrected chi connectivity index (χ1v) is 10.00. The Morgan fingerprint density at radius 3 is 2.65 bits per heavy atom. The number of hydrogen-bond acceptors (Lipinski definition) is 7. The predicted octanol–water partition coefficient (Wildman–Crippen LogP) is 2.27. The number of aromatic nitrogens is 2. The summed E-state index contributed by atoms with van der Waals surface area (Å²) in [6.45, 7) is 1.33. The highest BCUT2D eigenvalue weighted by Gasteiger charge is 2.24. The van der Waals surface area contributed by atoms with Crippen LogP contribution < -0.4 is 22.5 Å². The Kier molecular flexibility index (Phi) is 4.56. The number of para-hydroxylation sites is 1. The van der Waals surface area contributed by atoms with Crippen molar-refractivity contribution in [2.45, 2.75) is 19.5 Å². The van der Waals surface area contributed by atoms with Gasteiger partial charge < -0.3 is 20.9 Å². The molecule has 31 heavy (non-hydrogen) atoms. The number of nitrogens with two attached hydrogens (primary N) is 2. The first-order valence-electron chi connectivity index (χ1n) is 10.00. The van der Waals surface area contributed by atoms with Gasteiger partial charge in [0, 0.05) is 37.3 Å². The zero-order valence-electron chi connectivity index (χ0n) is 16.7. The third-order valence-corrected chi connectivity index (χ3v) is 5.64. The second kappa shape index (κ2) is 7.41. The highest BCUT2D eigenvalue weighted by atomic mass is 16.3. The van der Waals surface area contributed by atoms with Crippen LogP contribution >= 0.6 is 0 Å². The first kappa shape index (κ1) is 19.1. The van der Waals surface area contributed by atoms with E-state index in [4.69, 9.17) is 15.9 Å². The molecule has 0 radical (unpaired) electrons. The van der Waals surface area contributed by atoms with Crippen LogP contribution in [-0.4, -0.2) is 21.4 Å². The maximum Gasteiger partial charge on any atom is 0.255 e. The molecule has 4 aromatic rings. The molecule has 8 heteroatoms. The average molecular weight is 415 g/mol. The summed E-state index contributed by atoms with van der Waals surface area (Å²) in [7, 11) is 0. The summed E-state index contributed by atoms with van der Waals surface area (Å²) < 4.78 is 5.64. The number of nitrogens with zero attached hydrogens (tertiary/aromatic N) is 2. The van der Waals surface area contributed by atoms with Crippen LogP contribution in [0.25, 0.3) is 22.4 Å². The number of rotatable bonds is 3. The summed E-state index contributed by atoms with van der Waals surface area (Å²) in [5.41, 5.74) is 15.2. The molecule has 0 saturated carbocycles. The Labute approximate surface area is 177 Å². The number of fused-ring (bicyclic) bond motifs is 2. The number of nitrogen functional groups attached to an aromatic ring is 2. The topological polar surface area (TPSA) is 131 Å². The molecule has 0 aliphatic carbocycles. The van der Waals surface area contributed by atoms with Crippen LogP contribution in [-0.2, 0) is 19.5 Å². The van der Waals surface area contributed by atoms with Crippen molar-refractivity contribution in [1.29, 1.82) is 0 Å². The molecule has 2 aromatic carbocycles. The number of aromatic amines is 1. The maximum absolute atomic E-state index is 12.9. The number of hydrogen-bond donors (Lipinski definition) is 3. The van der Waals surface area contributed by atoms with Gasteiger partial charge in [-0.05, 0) is 36.4 Å². The zero-order chi connectivity index (χ0) is 21.5. The molecule has 0 atom stereocenters. The summed E-state index contributed by atoms with van der Waals surface area (Å²) in [5, 5.41) is 0.497. The van der Waals surface area contributed by atoms with Crippen LogP contribution in [0.2, 0.25) is 0 Å². The van der Waals surface area contributed by atoms with E-state index < -0.39 is 0 Å². The van der Waals surface area contributed by atoms with Gasteiger partial charge in [0.25, 0.3) is 5.56 Å². The standard InChI is InChI=1S/C23H21N5O3/c24-14-7-5-13(6-8-14)22-26-18-9-10-28(11-16(18)23(30)27-22)12-17-20(29)15-3-1-2-4-19(15)31-21(17)25/h1-8H,9-12,24-25H2,(H,26,27,30). The van der Waals surface area contributed by atoms with Crippen LogP contribution in [0.5, 0.6) is 0 Å². The third-order valence-electron chi connectivity index (χ3n) is 5.64. The molecule has 8 nitrogen and oxygen atoms in total. The molecule has 1 aliphatic rings. The van der Waals surface area contributed by atoms with E-state index in [0.29, 0.717) is 59.7 Å². The van der Waals surface area contributed by atoms with Crippen LogP contribution in [0.1, 0.15) is 16.8 Å². The molecule has 5 N–H and O–H groups in total. The SMILES string of the molecule is Nc1ccc(-c2nc3c(c(=O)[nH]2)CN(Cc2c(N)oc4ccccc4c2=O)CC3)cc1. The van der Waals surface area contributed by atoms with Gasteiger partial charge in [-0.3, -0.25) is 14.5 Å². The van der Waals surface area contributed by atoms with E-state index in [1.807, 2.05) is 17.0 Å². The lowest BCUT2D eigenvalue weighted by atomic mass is 10.0. The van der Waals surface area contributed by atoms with Crippen molar-refractivity contribution in [2.24, 2.45) is 0 Å². The lowest BCUT2D eigenvalue weighted by Gasteiger charge is -2.27. The fourth-order valence-electron chi connectivity index (χ4n) is 3.96. The van der Waals surface area contributed by atoms with Crippen molar-refractivity contribution >= 4 is 22.5 Å². The number of H-pyrrole nitrogens is 1. The summed E-state index contributed by atoms with van der Waals surface area (Å²) in [4.78, 5) is 35.2. The van der Waals surface area contributed by atoms with Crippen molar-refractivity contribution in [3.63, 3.8) is 0 Å². The maximum atomic E-state index is 12.9. The highest BCUT2D eigenvalue weighted by Crippen LogP contribution is 2.23. The van der Waals surface area contributed by atoms with Gasteiger partial charge in [0.05, 0.1) is 22.2 Å². The summed E-state index contributed by atoms with van der Waals surface area (Å²) in [6, 6.07) is 14.2. The molecule has 0 saturated heterocycles. The second-order valence-corrected chi connectivity index (χ2v) is 7.69. The van der Waals surface area contributed by atoms with Crippen molar-refractivity contribution in [2.75, 3.05) is 18.0 Å². The van der Waals surface area contributed by atoms with E-state index in [1.165, 1.54) is 0 Å². The Balaban J connectivity index is 1.44. The molecule has 156 valence electrons. The first-order chi connectivity index (χ1) is 15.0. The largest absolute Gasteiger partial charge is 0.440 e. The summed E-state index contributed by atoms with van der Waals surface area (Å²) >= 11 is 0. The Morgan fingerprint density at radius 1 is 1.06 bits per heavy atom. The minimum absolute atomic E-state index is 0.111. The van der Waals surface area contributed by atoms with E-state index in [2.05, 4.69) is 9.97 Å². The third kappa shape index (κ3) is 3.47. The van der Waals surface area contributed by atoms with Crippen molar-refractivity contribution in [3.8, 4) is 11.4 Å². The molecule has 0 fully saturated rings. The monoisotopic (exact) mass is 415 g/mol. The van der Waals surface area contributed by atoms with Crippen LogP contribution in [0.3, 0.4) is 0 Å². The molecule has 5 rings (SSSR count). The second-order valence-electron chi connectivity index (χ2n) is 7.69. The molecule has 0 unspecified atom stereocenters. The number of anilines is 2. The minimum atomic E-state index is -0.181. The van der Waals surface area contributed by atoms with Crippen LogP contribution in [0.15, 0.2) is 62.5 Å². The van der Waals surface area contributed by atoms with Crippen molar-refractivity contribution in [1.82, 2.24) is 14.9 Å². The lowest BCUT2D eigenvalue weighted by Crippen LogP contribution is -2.36. The van der Waals surface area contributed by atoms with Gasteiger partial charge in [0.2, 0.25) is 0 Å². The normalized spacial score (nSPS) is 13.9. The van der Waals surface area contributed by atoms with Gasteiger partial charge in [-0.25, -0.2) is 4.98 Å². The van der Waals surface area contributed by atoms with E-state index in [0.717, 1.165) is 11.3 Å². The Morgan fingerprint density at radius 2 is 1.84 bits per heavy atom. The van der Waals surface area contributed by atoms with Gasteiger partial charge in [-0.2, -0.15) is 0 Å². The van der Waals surface area contributed by atoms with Gasteiger partial charge in [0.1, 0.15) is 11.4 Å². The van der Waals surface area contributed by atoms with Gasteiger partial charge in [-0.15, -0.1) is 0 Å². The minimum Gasteiger partial charge on any atom is -0.440 e. The predicted molar refractivity (Wildman–Crippen MR) is 119 cm³/mol. The van der Waals surface area contributed by atoms with Crippen LogP contribution in [0, 0.1) is 0 Å². The van der Waals surface area contributed by atoms with Gasteiger partial charge >= 0.3 is 0 Å². The lowest BCUT2D eigenvalue weighted by molar-refractivity contribution is 0.240. The fourth-order valence-corrected chi connectivity index (χ4v) is 3.96. The zero-order valence-corrected chi connectivity index (χ0v) is 16.7. The van der Waals surface area contributed by atoms with E-state index in [9.17, 15) is 9.59 Å². The van der Waals surface area contributed by atoms with E-state index >= 15 is 0 Å². The summed E-state index contributed by atoms with van der Waals surface area (Å²) in [5.74, 6) is 0.636. The highest BCUT2D eigenvalue weighted by molar-refractivity contribution is 5.78.